The van der Waals surface area contributed by atoms with Crippen LogP contribution in [0.25, 0.3) is 0 Å². The van der Waals surface area contributed by atoms with E-state index >= 15 is 0 Å². The normalized spacial score (nSPS) is 14.5. The molecule has 11 nitrogen and oxygen atoms in total. The van der Waals surface area contributed by atoms with Gasteiger partial charge in [-0.3, -0.25) is 0 Å². The highest BCUT2D eigenvalue weighted by Gasteiger charge is 2.21. The van der Waals surface area contributed by atoms with Gasteiger partial charge >= 0.3 is 5.97 Å². The van der Waals surface area contributed by atoms with Crippen LogP contribution in [0.2, 0.25) is 0 Å². The van der Waals surface area contributed by atoms with E-state index in [2.05, 4.69) is 32.0 Å². The van der Waals surface area contributed by atoms with E-state index < -0.39 is 12.1 Å². The first-order chi connectivity index (χ1) is 19.8. The van der Waals surface area contributed by atoms with Crippen LogP contribution in [0, 0.1) is 5.82 Å². The van der Waals surface area contributed by atoms with Gasteiger partial charge in [-0.2, -0.15) is 15.0 Å². The van der Waals surface area contributed by atoms with Gasteiger partial charge in [0, 0.05) is 51.9 Å². The van der Waals surface area contributed by atoms with E-state index in [1.807, 2.05) is 36.2 Å². The van der Waals surface area contributed by atoms with Crippen molar-refractivity contribution in [3.05, 3.63) is 59.9 Å². The van der Waals surface area contributed by atoms with Crippen LogP contribution in [0.1, 0.15) is 19.4 Å². The molecule has 1 aromatic heterocycles. The molecule has 41 heavy (non-hydrogen) atoms. The minimum Gasteiger partial charge on any atom is -0.492 e. The third kappa shape index (κ3) is 8.73. The molecule has 0 bridgehead atoms. The van der Waals surface area contributed by atoms with Crippen LogP contribution in [0.15, 0.2) is 48.5 Å². The average molecular weight is 568 g/mol. The Morgan fingerprint density at radius 2 is 1.76 bits per heavy atom. The third-order valence-corrected chi connectivity index (χ3v) is 6.84. The molecule has 0 aliphatic carbocycles. The summed E-state index contributed by atoms with van der Waals surface area (Å²) in [6, 6.07) is 13.4. The molecule has 1 saturated heterocycles. The highest BCUT2D eigenvalue weighted by molar-refractivity contribution is 5.72. The predicted molar refractivity (Wildman–Crippen MR) is 156 cm³/mol. The van der Waals surface area contributed by atoms with Crippen molar-refractivity contribution in [1.29, 1.82) is 0 Å². The van der Waals surface area contributed by atoms with Crippen LogP contribution in [0.5, 0.6) is 5.75 Å². The summed E-state index contributed by atoms with van der Waals surface area (Å²) in [6.45, 7) is 9.67. The van der Waals surface area contributed by atoms with Crippen molar-refractivity contribution in [3.8, 4) is 5.75 Å². The van der Waals surface area contributed by atoms with Gasteiger partial charge in [-0.1, -0.05) is 19.1 Å². The number of likely N-dealkylation sites (N-methyl/N-ethyl adjacent to an activating group) is 2. The number of ether oxygens (including phenoxy) is 2. The number of anilines is 4. The Kier molecular flexibility index (Phi) is 10.6. The second-order valence-corrected chi connectivity index (χ2v) is 9.71. The Morgan fingerprint density at radius 3 is 2.39 bits per heavy atom. The lowest BCUT2D eigenvalue weighted by molar-refractivity contribution is -0.149. The zero-order valence-corrected chi connectivity index (χ0v) is 23.8. The number of aromatic nitrogens is 3. The first kappa shape index (κ1) is 29.9. The molecule has 4 rings (SSSR count). The first-order valence-corrected chi connectivity index (χ1v) is 13.9. The van der Waals surface area contributed by atoms with E-state index in [0.29, 0.717) is 49.0 Å². The van der Waals surface area contributed by atoms with Gasteiger partial charge in [-0.05, 0) is 55.4 Å². The Morgan fingerprint density at radius 1 is 1.05 bits per heavy atom. The largest absolute Gasteiger partial charge is 0.492 e. The molecule has 12 heteroatoms. The molecule has 0 radical (unpaired) electrons. The van der Waals surface area contributed by atoms with Gasteiger partial charge in [0.2, 0.25) is 17.8 Å². The molecule has 1 atom stereocenters. The topological polar surface area (TPSA) is 116 Å². The number of carboxylic acids is 1. The number of nitrogens with one attached hydrogen (secondary N) is 1. The summed E-state index contributed by atoms with van der Waals surface area (Å²) in [5.41, 5.74) is 1.53. The van der Waals surface area contributed by atoms with Crippen LogP contribution in [-0.2, 0) is 16.0 Å². The van der Waals surface area contributed by atoms with Crippen molar-refractivity contribution >= 4 is 29.5 Å². The average Bonchev–Trinajstić information content (AvgIpc) is 2.98. The zero-order chi connectivity index (χ0) is 29.2. The minimum absolute atomic E-state index is 0.287. The number of rotatable bonds is 14. The first-order valence-electron chi connectivity index (χ1n) is 13.9. The number of piperazine rings is 1. The quantitative estimate of drug-likeness (QED) is 0.298. The van der Waals surface area contributed by atoms with Crippen molar-refractivity contribution in [2.75, 3.05) is 74.6 Å². The van der Waals surface area contributed by atoms with Crippen LogP contribution < -0.4 is 19.9 Å². The number of carboxylic acid groups (broad SMARTS) is 1. The summed E-state index contributed by atoms with van der Waals surface area (Å²) in [5.74, 6) is 0.845. The number of hydrogen-bond donors (Lipinski definition) is 2. The SMILES string of the molecule is CCOC(Cc1ccc(OCCN(C)c2nc(Nc3ccc(F)cc3)nc(N3CCN(CC)CC3)n2)cc1)C(=O)O. The smallest absolute Gasteiger partial charge is 0.333 e. The Balaban J connectivity index is 1.40. The van der Waals surface area contributed by atoms with Crippen LogP contribution in [-0.4, -0.2) is 96.6 Å². The predicted octanol–water partition coefficient (Wildman–Crippen LogP) is 3.44. The van der Waals surface area contributed by atoms with Crippen LogP contribution >= 0.6 is 0 Å². The van der Waals surface area contributed by atoms with E-state index in [9.17, 15) is 14.3 Å². The monoisotopic (exact) mass is 567 g/mol. The van der Waals surface area contributed by atoms with Crippen LogP contribution in [0.4, 0.5) is 27.9 Å². The highest BCUT2D eigenvalue weighted by Crippen LogP contribution is 2.21. The number of nitrogens with zero attached hydrogens (tertiary/aromatic N) is 6. The highest BCUT2D eigenvalue weighted by atomic mass is 19.1. The second kappa shape index (κ2) is 14.6. The Hall–Kier alpha value is -4.03. The molecular formula is C29H38FN7O4. The maximum atomic E-state index is 13.4. The van der Waals surface area contributed by atoms with E-state index in [4.69, 9.17) is 14.5 Å². The molecule has 0 saturated carbocycles. The fourth-order valence-electron chi connectivity index (χ4n) is 4.40. The van der Waals surface area contributed by atoms with E-state index in [1.54, 1.807) is 19.1 Å². The summed E-state index contributed by atoms with van der Waals surface area (Å²) in [5, 5.41) is 12.5. The number of aliphatic carboxylic acids is 1. The van der Waals surface area contributed by atoms with Gasteiger partial charge in [-0.15, -0.1) is 0 Å². The Labute approximate surface area is 239 Å². The third-order valence-electron chi connectivity index (χ3n) is 6.84. The molecule has 1 aliphatic heterocycles. The molecule has 220 valence electrons. The number of carbonyl (C=O) groups is 1. The van der Waals surface area contributed by atoms with Crippen molar-refractivity contribution in [3.63, 3.8) is 0 Å². The molecule has 0 amide bonds. The van der Waals surface area contributed by atoms with Crippen molar-refractivity contribution in [1.82, 2.24) is 19.9 Å². The van der Waals surface area contributed by atoms with Crippen molar-refractivity contribution < 1.29 is 23.8 Å². The fraction of sp³-hybridized carbons (Fsp3) is 0.448. The molecule has 2 N–H and O–H groups in total. The molecule has 1 fully saturated rings. The number of halogens is 1. The number of benzene rings is 2. The standard InChI is InChI=1S/C29H38FN7O4/c1-4-36-14-16-37(17-15-36)29-33-27(31-23-10-8-22(30)9-11-23)32-28(34-29)35(3)18-19-41-24-12-6-21(7-13-24)20-25(26(38)39)40-5-2/h6-13,25H,4-5,14-20H2,1-3H3,(H,38,39)(H,31,32,33,34). The summed E-state index contributed by atoms with van der Waals surface area (Å²) in [6.07, 6.45) is -0.584. The molecule has 1 unspecified atom stereocenters. The summed E-state index contributed by atoms with van der Waals surface area (Å²) in [4.78, 5) is 31.8. The number of hydrogen-bond acceptors (Lipinski definition) is 10. The van der Waals surface area contributed by atoms with E-state index in [0.717, 1.165) is 38.3 Å². The molecule has 3 aromatic rings. The van der Waals surface area contributed by atoms with Gasteiger partial charge in [0.1, 0.15) is 18.2 Å². The molecule has 0 spiro atoms. The fourth-order valence-corrected chi connectivity index (χ4v) is 4.40. The van der Waals surface area contributed by atoms with Gasteiger partial charge in [-0.25, -0.2) is 9.18 Å². The maximum Gasteiger partial charge on any atom is 0.333 e. The zero-order valence-electron chi connectivity index (χ0n) is 23.8. The van der Waals surface area contributed by atoms with Crippen molar-refractivity contribution in [2.24, 2.45) is 0 Å². The molecule has 2 heterocycles. The van der Waals surface area contributed by atoms with E-state index in [-0.39, 0.29) is 12.2 Å². The molecular weight excluding hydrogens is 529 g/mol. The van der Waals surface area contributed by atoms with E-state index in [1.165, 1.54) is 12.1 Å². The second-order valence-electron chi connectivity index (χ2n) is 9.71. The lowest BCUT2D eigenvalue weighted by atomic mass is 10.1. The van der Waals surface area contributed by atoms with Gasteiger partial charge in [0.15, 0.2) is 6.10 Å². The lowest BCUT2D eigenvalue weighted by Gasteiger charge is -2.34. The summed E-state index contributed by atoms with van der Waals surface area (Å²) < 4.78 is 24.6. The molecule has 1 aliphatic rings. The van der Waals surface area contributed by atoms with Gasteiger partial charge in [0.05, 0.1) is 6.54 Å². The summed E-state index contributed by atoms with van der Waals surface area (Å²) >= 11 is 0. The maximum absolute atomic E-state index is 13.4. The molecule has 2 aromatic carbocycles. The lowest BCUT2D eigenvalue weighted by Crippen LogP contribution is -2.47. The van der Waals surface area contributed by atoms with Crippen LogP contribution in [0.3, 0.4) is 0 Å². The van der Waals surface area contributed by atoms with Gasteiger partial charge < -0.3 is 34.6 Å². The van der Waals surface area contributed by atoms with Gasteiger partial charge in [0.25, 0.3) is 0 Å². The van der Waals surface area contributed by atoms with Crippen molar-refractivity contribution in [2.45, 2.75) is 26.4 Å². The Bertz CT molecular complexity index is 1260. The minimum atomic E-state index is -0.976. The summed E-state index contributed by atoms with van der Waals surface area (Å²) in [7, 11) is 1.89.